The minimum atomic E-state index is -4.23. The van der Waals surface area contributed by atoms with Crippen LogP contribution in [0.15, 0.2) is 42.5 Å². The van der Waals surface area contributed by atoms with Gasteiger partial charge in [-0.2, -0.15) is 13.2 Å². The number of benzene rings is 2. The van der Waals surface area contributed by atoms with Gasteiger partial charge in [0.15, 0.2) is 0 Å². The zero-order chi connectivity index (χ0) is 22.7. The predicted octanol–water partition coefficient (Wildman–Crippen LogP) is 3.44. The first-order valence-electron chi connectivity index (χ1n) is 10.9. The second kappa shape index (κ2) is 9.50. The van der Waals surface area contributed by atoms with Crippen molar-refractivity contribution in [3.63, 3.8) is 0 Å². The zero-order valence-corrected chi connectivity index (χ0v) is 17.8. The molecule has 1 amide bonds. The molecule has 2 aliphatic rings. The first-order chi connectivity index (χ1) is 15.3. The SMILES string of the molecule is O=C1c2ccc(CCC(F)(F)F)cc2OCCN1CC(O)CN1CCc2ccccc2C1. The number of β-amino-alcohol motifs (C(OH)–C–C–N with tert-alkyl or cyclic N) is 1. The molecule has 0 spiro atoms. The fourth-order valence-corrected chi connectivity index (χ4v) is 4.34. The predicted molar refractivity (Wildman–Crippen MR) is 114 cm³/mol. The van der Waals surface area contributed by atoms with Gasteiger partial charge in [0.25, 0.3) is 5.91 Å². The van der Waals surface area contributed by atoms with Gasteiger partial charge in [0.05, 0.1) is 18.2 Å². The van der Waals surface area contributed by atoms with Crippen molar-refractivity contribution in [2.45, 2.75) is 38.1 Å². The Morgan fingerprint density at radius 1 is 1.06 bits per heavy atom. The van der Waals surface area contributed by atoms with E-state index in [1.54, 1.807) is 4.90 Å². The van der Waals surface area contributed by atoms with Gasteiger partial charge in [-0.3, -0.25) is 9.69 Å². The molecule has 5 nitrogen and oxygen atoms in total. The second-order valence-corrected chi connectivity index (χ2v) is 8.45. The van der Waals surface area contributed by atoms with E-state index < -0.39 is 18.7 Å². The van der Waals surface area contributed by atoms with E-state index in [1.165, 1.54) is 29.3 Å². The molecule has 1 N–H and O–H groups in total. The number of amides is 1. The summed E-state index contributed by atoms with van der Waals surface area (Å²) in [6, 6.07) is 12.9. The Morgan fingerprint density at radius 2 is 1.84 bits per heavy atom. The molecule has 1 atom stereocenters. The minimum absolute atomic E-state index is 0.157. The normalized spacial score (nSPS) is 17.9. The number of alkyl halides is 3. The lowest BCUT2D eigenvalue weighted by Gasteiger charge is -2.32. The summed E-state index contributed by atoms with van der Waals surface area (Å²) in [5.74, 6) is 0.0298. The molecule has 2 heterocycles. The molecule has 0 aliphatic carbocycles. The number of hydrogen-bond donors (Lipinski definition) is 1. The molecule has 2 aromatic carbocycles. The van der Waals surface area contributed by atoms with Crippen LogP contribution in [0.1, 0.15) is 33.5 Å². The standard InChI is InChI=1S/C24H27F3N2O3/c25-24(26,27)9-7-17-5-6-21-22(13-17)32-12-11-29(23(21)31)16-20(30)15-28-10-8-18-3-1-2-4-19(18)14-28/h1-6,13,20,30H,7-12,14-16H2. The number of carbonyl (C=O) groups excluding carboxylic acids is 1. The van der Waals surface area contributed by atoms with Gasteiger partial charge in [-0.15, -0.1) is 0 Å². The van der Waals surface area contributed by atoms with Gasteiger partial charge in [-0.1, -0.05) is 30.3 Å². The van der Waals surface area contributed by atoms with E-state index in [-0.39, 0.29) is 25.5 Å². The maximum atomic E-state index is 13.0. The molecule has 0 saturated carbocycles. The highest BCUT2D eigenvalue weighted by Gasteiger charge is 2.29. The van der Waals surface area contributed by atoms with E-state index >= 15 is 0 Å². The summed E-state index contributed by atoms with van der Waals surface area (Å²) in [6.07, 6.45) is -5.08. The highest BCUT2D eigenvalue weighted by Crippen LogP contribution is 2.28. The van der Waals surface area contributed by atoms with Gasteiger partial charge in [-0.05, 0) is 41.7 Å². The summed E-state index contributed by atoms with van der Waals surface area (Å²) in [4.78, 5) is 16.7. The molecule has 8 heteroatoms. The van der Waals surface area contributed by atoms with Gasteiger partial charge in [0, 0.05) is 32.6 Å². The molecule has 2 aliphatic heterocycles. The number of hydrogen-bond acceptors (Lipinski definition) is 4. The number of aliphatic hydroxyl groups excluding tert-OH is 1. The number of halogens is 3. The minimum Gasteiger partial charge on any atom is -0.491 e. The highest BCUT2D eigenvalue weighted by molar-refractivity contribution is 5.97. The van der Waals surface area contributed by atoms with Crippen LogP contribution in [0, 0.1) is 0 Å². The molecule has 0 fully saturated rings. The fraction of sp³-hybridized carbons (Fsp3) is 0.458. The van der Waals surface area contributed by atoms with Crippen molar-refractivity contribution >= 4 is 5.91 Å². The molecule has 2 aromatic rings. The summed E-state index contributed by atoms with van der Waals surface area (Å²) in [6.45, 7) is 2.80. The molecule has 172 valence electrons. The van der Waals surface area contributed by atoms with Gasteiger partial charge in [0.1, 0.15) is 12.4 Å². The Morgan fingerprint density at radius 3 is 2.62 bits per heavy atom. The van der Waals surface area contributed by atoms with E-state index in [1.807, 2.05) is 12.1 Å². The van der Waals surface area contributed by atoms with Gasteiger partial charge < -0.3 is 14.7 Å². The molecule has 0 saturated heterocycles. The van der Waals surface area contributed by atoms with Crippen molar-refractivity contribution in [2.75, 3.05) is 32.8 Å². The van der Waals surface area contributed by atoms with Crippen molar-refractivity contribution < 1.29 is 27.8 Å². The summed E-state index contributed by atoms with van der Waals surface area (Å²) in [7, 11) is 0. The quantitative estimate of drug-likeness (QED) is 0.736. The lowest BCUT2D eigenvalue weighted by atomic mass is 10.00. The van der Waals surface area contributed by atoms with Crippen LogP contribution in [0.5, 0.6) is 5.75 Å². The van der Waals surface area contributed by atoms with Crippen LogP contribution in [0.25, 0.3) is 0 Å². The number of fused-ring (bicyclic) bond motifs is 2. The molecule has 4 rings (SSSR count). The van der Waals surface area contributed by atoms with E-state index in [2.05, 4.69) is 17.0 Å². The van der Waals surface area contributed by atoms with E-state index in [9.17, 15) is 23.1 Å². The van der Waals surface area contributed by atoms with Crippen LogP contribution >= 0.6 is 0 Å². The Balaban J connectivity index is 1.36. The number of nitrogens with zero attached hydrogens (tertiary/aromatic N) is 2. The van der Waals surface area contributed by atoms with Crippen LogP contribution in [0.4, 0.5) is 13.2 Å². The largest absolute Gasteiger partial charge is 0.491 e. The Hall–Kier alpha value is -2.58. The van der Waals surface area contributed by atoms with E-state index in [4.69, 9.17) is 4.74 Å². The van der Waals surface area contributed by atoms with Crippen molar-refractivity contribution in [2.24, 2.45) is 0 Å². The third-order valence-electron chi connectivity index (χ3n) is 5.99. The number of rotatable bonds is 6. The van der Waals surface area contributed by atoms with Crippen LogP contribution in [0.3, 0.4) is 0 Å². The topological polar surface area (TPSA) is 53.0 Å². The lowest BCUT2D eigenvalue weighted by Crippen LogP contribution is -2.44. The molecular weight excluding hydrogens is 421 g/mol. The molecular formula is C24H27F3N2O3. The van der Waals surface area contributed by atoms with Gasteiger partial charge in [0.2, 0.25) is 0 Å². The van der Waals surface area contributed by atoms with Gasteiger partial charge in [-0.25, -0.2) is 0 Å². The van der Waals surface area contributed by atoms with Gasteiger partial charge >= 0.3 is 6.18 Å². The molecule has 1 unspecified atom stereocenters. The number of aliphatic hydroxyl groups is 1. The third-order valence-corrected chi connectivity index (χ3v) is 5.99. The maximum absolute atomic E-state index is 13.0. The zero-order valence-electron chi connectivity index (χ0n) is 17.8. The Kier molecular flexibility index (Phi) is 6.71. The average molecular weight is 448 g/mol. The maximum Gasteiger partial charge on any atom is 0.389 e. The fourth-order valence-electron chi connectivity index (χ4n) is 4.34. The first-order valence-corrected chi connectivity index (χ1v) is 10.9. The summed E-state index contributed by atoms with van der Waals surface area (Å²) < 4.78 is 43.2. The van der Waals surface area contributed by atoms with Crippen molar-refractivity contribution in [3.8, 4) is 5.75 Å². The van der Waals surface area contributed by atoms with Crippen LogP contribution in [0.2, 0.25) is 0 Å². The molecule has 0 bridgehead atoms. The first kappa shape index (κ1) is 22.6. The molecule has 0 radical (unpaired) electrons. The Labute approximate surface area is 185 Å². The number of ether oxygens (including phenoxy) is 1. The average Bonchev–Trinajstić information content (AvgIpc) is 2.90. The van der Waals surface area contributed by atoms with Crippen LogP contribution in [-0.4, -0.2) is 65.9 Å². The van der Waals surface area contributed by atoms with Crippen molar-refractivity contribution in [3.05, 3.63) is 64.7 Å². The third kappa shape index (κ3) is 5.61. The monoisotopic (exact) mass is 448 g/mol. The van der Waals surface area contributed by atoms with E-state index in [0.29, 0.717) is 30.0 Å². The van der Waals surface area contributed by atoms with Crippen molar-refractivity contribution in [1.29, 1.82) is 0 Å². The smallest absolute Gasteiger partial charge is 0.389 e. The molecule has 0 aromatic heterocycles. The highest BCUT2D eigenvalue weighted by atomic mass is 19.4. The summed E-state index contributed by atoms with van der Waals surface area (Å²) in [5, 5.41) is 10.7. The van der Waals surface area contributed by atoms with Crippen LogP contribution < -0.4 is 4.74 Å². The second-order valence-electron chi connectivity index (χ2n) is 8.45. The lowest BCUT2D eigenvalue weighted by molar-refractivity contribution is -0.134. The van der Waals surface area contributed by atoms with Crippen LogP contribution in [-0.2, 0) is 19.4 Å². The number of aryl methyl sites for hydroxylation is 1. The number of carbonyl (C=O) groups is 1. The summed E-state index contributed by atoms with van der Waals surface area (Å²) >= 11 is 0. The Bertz CT molecular complexity index is 964. The molecule has 32 heavy (non-hydrogen) atoms. The van der Waals surface area contributed by atoms with Crippen molar-refractivity contribution in [1.82, 2.24) is 9.80 Å². The summed E-state index contributed by atoms with van der Waals surface area (Å²) in [5.41, 5.74) is 3.40. The van der Waals surface area contributed by atoms with E-state index in [0.717, 1.165) is 19.5 Å².